The Morgan fingerprint density at radius 3 is 2.39 bits per heavy atom. The Kier molecular flexibility index (Phi) is 8.25. The predicted octanol–water partition coefficient (Wildman–Crippen LogP) is 9.55. The number of aromatic nitrogens is 4. The number of pyridine rings is 1. The molecule has 7 aromatic rings. The monoisotopic (exact) mass is 755 g/mol. The van der Waals surface area contributed by atoms with E-state index < -0.39 is 0 Å². The Bertz CT molecular complexity index is 2090. The number of aryl methyl sites for hydroxylation is 2. The molecule has 1 atom stereocenters. The summed E-state index contributed by atoms with van der Waals surface area (Å²) in [5, 5.41) is 7.25. The van der Waals surface area contributed by atoms with Crippen LogP contribution < -0.4 is 4.74 Å². The Morgan fingerprint density at radius 2 is 1.59 bits per heavy atom. The second-order valence-corrected chi connectivity index (χ2v) is 11.1. The van der Waals surface area contributed by atoms with E-state index in [0.717, 1.165) is 51.0 Å². The molecule has 0 aliphatic rings. The smallest absolute Gasteiger partial charge is 0.509 e. The standard InChI is InChI=1S/C38H32N4O.Pt/c1-5-26(3)38-37(28-12-7-6-8-13-28)27(4)40-42(38)29-14-11-15-30(23-29)43-31-18-19-33-32-16-9-10-17-34(32)41(35(33)24-31)36-22-25(2)20-21-39-36;/h6-22,26H,5H2,1-4H3;/q-2;+2. The van der Waals surface area contributed by atoms with Gasteiger partial charge in [0.2, 0.25) is 0 Å². The van der Waals surface area contributed by atoms with E-state index in [2.05, 4.69) is 110 Å². The van der Waals surface area contributed by atoms with Gasteiger partial charge in [0.25, 0.3) is 0 Å². The molecule has 0 bridgehead atoms. The van der Waals surface area contributed by atoms with E-state index in [1.165, 1.54) is 16.8 Å². The van der Waals surface area contributed by atoms with Crippen LogP contribution in [0, 0.1) is 26.0 Å². The van der Waals surface area contributed by atoms with Crippen LogP contribution in [0.3, 0.4) is 0 Å². The molecule has 0 N–H and O–H groups in total. The summed E-state index contributed by atoms with van der Waals surface area (Å²) in [6.07, 6.45) is 2.85. The van der Waals surface area contributed by atoms with Crippen LogP contribution in [-0.2, 0) is 21.1 Å². The van der Waals surface area contributed by atoms with Crippen molar-refractivity contribution in [1.29, 1.82) is 0 Å². The van der Waals surface area contributed by atoms with Crippen molar-refractivity contribution in [3.8, 4) is 34.1 Å². The minimum Gasteiger partial charge on any atom is -0.509 e. The van der Waals surface area contributed by atoms with Crippen molar-refractivity contribution >= 4 is 21.8 Å². The second kappa shape index (κ2) is 12.3. The van der Waals surface area contributed by atoms with E-state index in [1.54, 1.807) is 0 Å². The Balaban J connectivity index is 0.00000343. The molecule has 5 nitrogen and oxygen atoms in total. The zero-order valence-corrected chi connectivity index (χ0v) is 27.4. The number of rotatable bonds is 7. The first-order valence-corrected chi connectivity index (χ1v) is 14.8. The largest absolute Gasteiger partial charge is 2.00 e. The summed E-state index contributed by atoms with van der Waals surface area (Å²) >= 11 is 0. The van der Waals surface area contributed by atoms with Crippen molar-refractivity contribution in [2.45, 2.75) is 40.0 Å². The third kappa shape index (κ3) is 5.26. The van der Waals surface area contributed by atoms with Crippen LogP contribution in [0.2, 0.25) is 0 Å². The number of hydrogen-bond donors (Lipinski definition) is 0. The molecule has 3 aromatic heterocycles. The molecular formula is C38H32N4OPt. The average molecular weight is 756 g/mol. The van der Waals surface area contributed by atoms with Crippen molar-refractivity contribution in [2.24, 2.45) is 0 Å². The summed E-state index contributed by atoms with van der Waals surface area (Å²) in [7, 11) is 0. The molecule has 0 amide bonds. The maximum atomic E-state index is 6.42. The van der Waals surface area contributed by atoms with Crippen LogP contribution in [0.5, 0.6) is 11.5 Å². The molecule has 0 radical (unpaired) electrons. The fourth-order valence-corrected chi connectivity index (χ4v) is 5.89. The van der Waals surface area contributed by atoms with Gasteiger partial charge in [-0.25, -0.2) is 4.98 Å². The molecule has 0 aliphatic carbocycles. The zero-order chi connectivity index (χ0) is 29.5. The summed E-state index contributed by atoms with van der Waals surface area (Å²) in [6, 6.07) is 40.1. The van der Waals surface area contributed by atoms with Gasteiger partial charge in [-0.2, -0.15) is 17.2 Å². The van der Waals surface area contributed by atoms with Crippen LogP contribution in [-0.4, -0.2) is 19.3 Å². The Morgan fingerprint density at radius 1 is 0.818 bits per heavy atom. The average Bonchev–Trinajstić information content (AvgIpc) is 3.55. The number of nitrogens with zero attached hydrogens (tertiary/aromatic N) is 4. The van der Waals surface area contributed by atoms with Crippen LogP contribution in [0.25, 0.3) is 44.4 Å². The van der Waals surface area contributed by atoms with Crippen molar-refractivity contribution in [3.05, 3.63) is 132 Å². The number of para-hydroxylation sites is 1. The second-order valence-electron chi connectivity index (χ2n) is 11.1. The van der Waals surface area contributed by atoms with Crippen molar-refractivity contribution in [3.63, 3.8) is 0 Å². The number of hydrogen-bond acceptors (Lipinski definition) is 3. The van der Waals surface area contributed by atoms with E-state index >= 15 is 0 Å². The fourth-order valence-electron chi connectivity index (χ4n) is 5.89. The maximum absolute atomic E-state index is 6.42. The molecule has 4 aromatic carbocycles. The molecule has 1 unspecified atom stereocenters. The van der Waals surface area contributed by atoms with Gasteiger partial charge in [0, 0.05) is 28.8 Å². The molecule has 0 spiro atoms. The zero-order valence-electron chi connectivity index (χ0n) is 25.1. The van der Waals surface area contributed by atoms with Gasteiger partial charge >= 0.3 is 21.1 Å². The quantitative estimate of drug-likeness (QED) is 0.152. The first kappa shape index (κ1) is 29.6. The van der Waals surface area contributed by atoms with Gasteiger partial charge in [-0.3, -0.25) is 4.68 Å². The molecule has 6 heteroatoms. The Labute approximate surface area is 272 Å². The van der Waals surface area contributed by atoms with E-state index in [1.807, 2.05) is 47.3 Å². The van der Waals surface area contributed by atoms with Crippen molar-refractivity contribution < 1.29 is 25.8 Å². The molecule has 0 fully saturated rings. The van der Waals surface area contributed by atoms with Crippen LogP contribution in [0.1, 0.15) is 43.1 Å². The molecule has 220 valence electrons. The van der Waals surface area contributed by atoms with Gasteiger partial charge in [0.15, 0.2) is 0 Å². The molecule has 44 heavy (non-hydrogen) atoms. The minimum atomic E-state index is 0. The summed E-state index contributed by atoms with van der Waals surface area (Å²) in [5.74, 6) is 2.38. The van der Waals surface area contributed by atoms with Crippen LogP contribution in [0.15, 0.2) is 103 Å². The summed E-state index contributed by atoms with van der Waals surface area (Å²) < 4.78 is 10.6. The fraction of sp³-hybridized carbons (Fsp3) is 0.158. The molecule has 3 heterocycles. The van der Waals surface area contributed by atoms with E-state index in [9.17, 15) is 0 Å². The van der Waals surface area contributed by atoms with Crippen LogP contribution >= 0.6 is 0 Å². The van der Waals surface area contributed by atoms with Gasteiger partial charge in [0.05, 0.1) is 11.4 Å². The van der Waals surface area contributed by atoms with E-state index in [-0.39, 0.29) is 21.1 Å². The molecule has 0 saturated heterocycles. The topological polar surface area (TPSA) is 44.9 Å². The van der Waals surface area contributed by atoms with Gasteiger partial charge in [-0.15, -0.1) is 35.7 Å². The SMILES string of the molecule is CCC(C)c1c(-c2ccccc2)c(C)nn1-c1[c-]c(Oc2[c-]c3c(cc2)c2ccccc2n3-c2cc(C)ccn2)ccc1.[Pt+2]. The van der Waals surface area contributed by atoms with Gasteiger partial charge in [-0.05, 0) is 66.6 Å². The molecule has 7 rings (SSSR count). The summed E-state index contributed by atoms with van der Waals surface area (Å²) in [6.45, 7) is 8.63. The third-order valence-corrected chi connectivity index (χ3v) is 8.13. The Hall–Kier alpha value is -4.47. The first-order chi connectivity index (χ1) is 21.0. The normalized spacial score (nSPS) is 11.9. The molecular weight excluding hydrogens is 724 g/mol. The van der Waals surface area contributed by atoms with Crippen molar-refractivity contribution in [2.75, 3.05) is 0 Å². The van der Waals surface area contributed by atoms with Crippen LogP contribution in [0.4, 0.5) is 0 Å². The maximum Gasteiger partial charge on any atom is 2.00 e. The predicted molar refractivity (Wildman–Crippen MR) is 174 cm³/mol. The summed E-state index contributed by atoms with van der Waals surface area (Å²) in [4.78, 5) is 4.69. The number of benzene rings is 4. The van der Waals surface area contributed by atoms with E-state index in [0.29, 0.717) is 17.4 Å². The minimum absolute atomic E-state index is 0. The van der Waals surface area contributed by atoms with Gasteiger partial charge < -0.3 is 9.30 Å². The third-order valence-electron chi connectivity index (χ3n) is 8.13. The molecule has 0 saturated carbocycles. The van der Waals surface area contributed by atoms with Gasteiger partial charge in [0.1, 0.15) is 5.82 Å². The number of fused-ring (bicyclic) bond motifs is 3. The number of ether oxygens (including phenoxy) is 1. The summed E-state index contributed by atoms with van der Waals surface area (Å²) in [5.41, 5.74) is 8.54. The van der Waals surface area contributed by atoms with Crippen molar-refractivity contribution in [1.82, 2.24) is 19.3 Å². The van der Waals surface area contributed by atoms with E-state index in [4.69, 9.17) is 9.84 Å². The molecule has 0 aliphatic heterocycles. The first-order valence-electron chi connectivity index (χ1n) is 14.8. The van der Waals surface area contributed by atoms with Gasteiger partial charge in [-0.1, -0.05) is 67.9 Å².